The highest BCUT2D eigenvalue weighted by molar-refractivity contribution is 5.50. The Morgan fingerprint density at radius 3 is 2.30 bits per heavy atom. The first kappa shape index (κ1) is 21.6. The van der Waals surface area contributed by atoms with E-state index in [4.69, 9.17) is 0 Å². The van der Waals surface area contributed by atoms with Gasteiger partial charge in [0.05, 0.1) is 6.42 Å². The summed E-state index contributed by atoms with van der Waals surface area (Å²) >= 11 is 0. The van der Waals surface area contributed by atoms with Gasteiger partial charge in [0, 0.05) is 17.8 Å². The Bertz CT molecular complexity index is 373. The van der Waals surface area contributed by atoms with Gasteiger partial charge < -0.3 is 5.11 Å². The Morgan fingerprint density at radius 2 is 1.65 bits per heavy atom. The zero-order chi connectivity index (χ0) is 17.3. The van der Waals surface area contributed by atoms with Gasteiger partial charge in [0.2, 0.25) is 6.04 Å². The van der Waals surface area contributed by atoms with Crippen LogP contribution in [0.25, 0.3) is 0 Å². The van der Waals surface area contributed by atoms with Crippen molar-refractivity contribution in [2.75, 3.05) is 0 Å². The Labute approximate surface area is 140 Å². The maximum atomic E-state index is 11.0. The lowest BCUT2D eigenvalue weighted by molar-refractivity contribution is -0.533. The van der Waals surface area contributed by atoms with Gasteiger partial charge in [-0.3, -0.25) is 14.9 Å². The molecule has 0 bridgehead atoms. The van der Waals surface area contributed by atoms with Crippen LogP contribution in [-0.2, 0) is 4.79 Å². The van der Waals surface area contributed by atoms with Crippen molar-refractivity contribution >= 4 is 6.29 Å². The van der Waals surface area contributed by atoms with Gasteiger partial charge in [-0.15, -0.1) is 5.92 Å². The van der Waals surface area contributed by atoms with E-state index >= 15 is 0 Å². The highest BCUT2D eigenvalue weighted by Crippen LogP contribution is 2.11. The Kier molecular flexibility index (Phi) is 14.5. The lowest BCUT2D eigenvalue weighted by Crippen LogP contribution is -2.33. The fraction of sp³-hybridized carbons (Fsp3) is 0.833. The summed E-state index contributed by atoms with van der Waals surface area (Å²) in [6.45, 7) is 2.19. The normalized spacial score (nSPS) is 13.0. The van der Waals surface area contributed by atoms with Gasteiger partial charge in [0.25, 0.3) is 0 Å². The van der Waals surface area contributed by atoms with Crippen molar-refractivity contribution < 1.29 is 14.8 Å². The zero-order valence-corrected chi connectivity index (χ0v) is 14.3. The van der Waals surface area contributed by atoms with Crippen molar-refractivity contribution in [2.24, 2.45) is 0 Å². The molecule has 0 rings (SSSR count). The molecule has 0 saturated heterocycles. The maximum absolute atomic E-state index is 11.0. The topological polar surface area (TPSA) is 80.4 Å². The van der Waals surface area contributed by atoms with E-state index in [9.17, 15) is 20.0 Å². The lowest BCUT2D eigenvalue weighted by atomic mass is 10.0. The van der Waals surface area contributed by atoms with Crippen molar-refractivity contribution in [1.82, 2.24) is 0 Å². The molecule has 0 aliphatic carbocycles. The largest absolute Gasteiger partial charge is 0.386 e. The minimum Gasteiger partial charge on any atom is -0.386 e. The van der Waals surface area contributed by atoms with Gasteiger partial charge in [0.15, 0.2) is 6.29 Å². The SMILES string of the molecule is CCCCCCCCC#CCC(C(O)CCCC[C]=O)[N+](=O)[O-]. The second kappa shape index (κ2) is 15.5. The van der Waals surface area contributed by atoms with E-state index in [-0.39, 0.29) is 6.42 Å². The smallest absolute Gasteiger partial charge is 0.249 e. The molecule has 2 atom stereocenters. The molecule has 0 fully saturated rings. The molecule has 0 heterocycles. The van der Waals surface area contributed by atoms with Crippen molar-refractivity contribution in [1.29, 1.82) is 0 Å². The van der Waals surface area contributed by atoms with E-state index in [1.165, 1.54) is 25.7 Å². The van der Waals surface area contributed by atoms with Crippen LogP contribution in [0.15, 0.2) is 0 Å². The second-order valence-electron chi connectivity index (χ2n) is 5.89. The lowest BCUT2D eigenvalue weighted by Gasteiger charge is -2.13. The van der Waals surface area contributed by atoms with Crippen LogP contribution in [0.5, 0.6) is 0 Å². The van der Waals surface area contributed by atoms with Gasteiger partial charge >= 0.3 is 0 Å². The molecule has 0 aliphatic rings. The fourth-order valence-electron chi connectivity index (χ4n) is 2.35. The highest BCUT2D eigenvalue weighted by atomic mass is 16.6. The fourth-order valence-corrected chi connectivity index (χ4v) is 2.35. The average molecular weight is 324 g/mol. The van der Waals surface area contributed by atoms with Crippen molar-refractivity contribution in [3.05, 3.63) is 10.1 Å². The number of carbonyl (C=O) groups excluding carboxylic acids is 1. The maximum Gasteiger partial charge on any atom is 0.249 e. The van der Waals surface area contributed by atoms with Gasteiger partial charge in [-0.25, -0.2) is 0 Å². The van der Waals surface area contributed by atoms with Crippen LogP contribution in [0.4, 0.5) is 0 Å². The third kappa shape index (κ3) is 12.8. The van der Waals surface area contributed by atoms with E-state index in [1.54, 1.807) is 6.29 Å². The number of rotatable bonds is 14. The first-order chi connectivity index (χ1) is 11.1. The molecule has 0 aromatic rings. The summed E-state index contributed by atoms with van der Waals surface area (Å²) in [4.78, 5) is 20.6. The van der Waals surface area contributed by atoms with Gasteiger partial charge in [-0.05, 0) is 19.3 Å². The average Bonchev–Trinajstić information content (AvgIpc) is 2.53. The van der Waals surface area contributed by atoms with Crippen LogP contribution in [0, 0.1) is 22.0 Å². The summed E-state index contributed by atoms with van der Waals surface area (Å²) in [7, 11) is 0. The van der Waals surface area contributed by atoms with E-state index in [0.29, 0.717) is 25.7 Å². The number of nitro groups is 1. The molecule has 0 saturated carbocycles. The van der Waals surface area contributed by atoms with Crippen LogP contribution in [-0.4, -0.2) is 28.5 Å². The molecule has 0 aromatic heterocycles. The van der Waals surface area contributed by atoms with Crippen LogP contribution in [0.1, 0.15) is 84.0 Å². The highest BCUT2D eigenvalue weighted by Gasteiger charge is 2.28. The Morgan fingerprint density at radius 1 is 1.00 bits per heavy atom. The molecule has 1 N–H and O–H groups in total. The summed E-state index contributed by atoms with van der Waals surface area (Å²) in [6, 6.07) is -1.03. The van der Waals surface area contributed by atoms with E-state index in [2.05, 4.69) is 18.8 Å². The summed E-state index contributed by atoms with van der Waals surface area (Å²) < 4.78 is 0. The Balaban J connectivity index is 3.93. The molecule has 5 nitrogen and oxygen atoms in total. The number of hydrogen-bond donors (Lipinski definition) is 1. The molecule has 0 aliphatic heterocycles. The van der Waals surface area contributed by atoms with Gasteiger partial charge in [-0.2, -0.15) is 0 Å². The minimum absolute atomic E-state index is 0.0871. The molecular weight excluding hydrogens is 294 g/mol. The summed E-state index contributed by atoms with van der Waals surface area (Å²) in [5, 5.41) is 20.9. The van der Waals surface area contributed by atoms with E-state index in [0.717, 1.165) is 19.3 Å². The third-order valence-electron chi connectivity index (χ3n) is 3.84. The third-order valence-corrected chi connectivity index (χ3v) is 3.84. The molecule has 1 radical (unpaired) electrons. The van der Waals surface area contributed by atoms with Crippen molar-refractivity contribution in [3.63, 3.8) is 0 Å². The van der Waals surface area contributed by atoms with Crippen molar-refractivity contribution in [3.8, 4) is 11.8 Å². The molecule has 5 heteroatoms. The van der Waals surface area contributed by atoms with Crippen LogP contribution >= 0.6 is 0 Å². The van der Waals surface area contributed by atoms with E-state index in [1.807, 2.05) is 0 Å². The van der Waals surface area contributed by atoms with E-state index < -0.39 is 17.1 Å². The quantitative estimate of drug-likeness (QED) is 0.228. The monoisotopic (exact) mass is 324 g/mol. The van der Waals surface area contributed by atoms with Gasteiger partial charge in [-0.1, -0.05) is 51.4 Å². The first-order valence-corrected chi connectivity index (χ1v) is 8.75. The first-order valence-electron chi connectivity index (χ1n) is 8.75. The minimum atomic E-state index is -1.03. The molecule has 0 amide bonds. The molecule has 0 spiro atoms. The number of unbranched alkanes of at least 4 members (excludes halogenated alkanes) is 8. The van der Waals surface area contributed by atoms with Gasteiger partial charge in [0.1, 0.15) is 6.10 Å². The van der Waals surface area contributed by atoms with Crippen molar-refractivity contribution in [2.45, 2.75) is 96.1 Å². The standard InChI is InChI=1S/C18H30NO4/c1-2-3-4-5-6-7-8-9-11-14-17(19(22)23)18(21)15-12-10-13-16-20/h17-18,21H,2-8,10,12-15H2,1H3. The zero-order valence-electron chi connectivity index (χ0n) is 14.3. The van der Waals surface area contributed by atoms with Crippen LogP contribution in [0.3, 0.4) is 0 Å². The molecule has 131 valence electrons. The molecule has 23 heavy (non-hydrogen) atoms. The number of hydrogen-bond acceptors (Lipinski definition) is 4. The Hall–Kier alpha value is -1.41. The van der Waals surface area contributed by atoms with Crippen LogP contribution in [0.2, 0.25) is 0 Å². The predicted molar refractivity (Wildman–Crippen MR) is 91.3 cm³/mol. The molecular formula is C18H30NO4. The number of aliphatic hydroxyl groups excluding tert-OH is 1. The molecule has 0 aromatic carbocycles. The second-order valence-corrected chi connectivity index (χ2v) is 5.89. The number of aliphatic hydroxyl groups is 1. The molecule has 2 unspecified atom stereocenters. The summed E-state index contributed by atoms with van der Waals surface area (Å²) in [6.07, 6.45) is 10.7. The summed E-state index contributed by atoms with van der Waals surface area (Å²) in [5.41, 5.74) is 0. The number of nitrogens with zero attached hydrogens (tertiary/aromatic N) is 1. The summed E-state index contributed by atoms with van der Waals surface area (Å²) in [5.74, 6) is 5.81. The predicted octanol–water partition coefficient (Wildman–Crippen LogP) is 3.81. The van der Waals surface area contributed by atoms with Crippen LogP contribution < -0.4 is 0 Å².